The molecule has 1 aromatic carbocycles. The van der Waals surface area contributed by atoms with Crippen LogP contribution in [0.15, 0.2) is 6.07 Å². The molecule has 1 fully saturated rings. The van der Waals surface area contributed by atoms with E-state index in [0.717, 1.165) is 63.1 Å². The summed E-state index contributed by atoms with van der Waals surface area (Å²) in [4.78, 5) is 5.90. The topological polar surface area (TPSA) is 62.1 Å². The Kier molecular flexibility index (Phi) is 6.33. The first kappa shape index (κ1) is 22.8. The van der Waals surface area contributed by atoms with Gasteiger partial charge in [0, 0.05) is 18.8 Å². The van der Waals surface area contributed by atoms with Gasteiger partial charge in [-0.15, -0.1) is 5.10 Å². The lowest BCUT2D eigenvalue weighted by atomic mass is 9.90. The van der Waals surface area contributed by atoms with Crippen molar-refractivity contribution in [1.82, 2.24) is 25.1 Å². The third kappa shape index (κ3) is 4.69. The number of nitrogens with one attached hydrogen (secondary N) is 1. The van der Waals surface area contributed by atoms with Gasteiger partial charge in [0.2, 0.25) is 0 Å². The number of nitrogens with zero attached hydrogens (tertiary/aromatic N) is 6. The van der Waals surface area contributed by atoms with Crippen LogP contribution >= 0.6 is 0 Å². The van der Waals surface area contributed by atoms with Crippen LogP contribution in [0, 0.1) is 19.8 Å². The SMILES string of the molecule is Cc1cc2c(c(C)c1C(F)(F)F)N(CC1CCN(C)CC1)CCCC2Nc1nnn(C)n1. The number of halogens is 3. The number of fused-ring (bicyclic) bond motifs is 1. The molecule has 1 N–H and O–H groups in total. The molecule has 0 spiro atoms. The number of anilines is 2. The maximum absolute atomic E-state index is 14.0. The Bertz CT molecular complexity index is 948. The molecule has 2 aromatic rings. The number of piperidine rings is 1. The number of benzene rings is 1. The van der Waals surface area contributed by atoms with Crippen LogP contribution in [0.4, 0.5) is 24.8 Å². The van der Waals surface area contributed by atoms with Crippen molar-refractivity contribution in [2.24, 2.45) is 13.0 Å². The minimum atomic E-state index is -4.38. The van der Waals surface area contributed by atoms with Gasteiger partial charge in [-0.25, -0.2) is 0 Å². The van der Waals surface area contributed by atoms with E-state index in [1.807, 2.05) is 0 Å². The van der Waals surface area contributed by atoms with E-state index in [1.165, 1.54) is 4.80 Å². The Morgan fingerprint density at radius 1 is 1.09 bits per heavy atom. The highest BCUT2D eigenvalue weighted by Gasteiger charge is 2.38. The zero-order chi connectivity index (χ0) is 23.0. The van der Waals surface area contributed by atoms with Crippen molar-refractivity contribution in [3.05, 3.63) is 28.3 Å². The number of alkyl halides is 3. The molecule has 1 saturated heterocycles. The van der Waals surface area contributed by atoms with E-state index in [2.05, 4.69) is 37.6 Å². The first-order chi connectivity index (χ1) is 15.1. The molecule has 1 atom stereocenters. The molecule has 4 rings (SSSR count). The molecule has 1 unspecified atom stereocenters. The van der Waals surface area contributed by atoms with Gasteiger partial charge in [0.1, 0.15) is 0 Å². The molecule has 176 valence electrons. The van der Waals surface area contributed by atoms with E-state index >= 15 is 0 Å². The van der Waals surface area contributed by atoms with Crippen LogP contribution in [0.1, 0.15) is 54.0 Å². The number of hydrogen-bond donors (Lipinski definition) is 1. The minimum absolute atomic E-state index is 0.170. The van der Waals surface area contributed by atoms with Crippen molar-refractivity contribution < 1.29 is 13.2 Å². The van der Waals surface area contributed by atoms with E-state index in [0.29, 0.717) is 17.4 Å². The zero-order valence-corrected chi connectivity index (χ0v) is 19.2. The fourth-order valence-corrected chi connectivity index (χ4v) is 5.27. The Labute approximate surface area is 187 Å². The van der Waals surface area contributed by atoms with E-state index in [4.69, 9.17) is 0 Å². The van der Waals surface area contributed by atoms with Gasteiger partial charge in [-0.3, -0.25) is 0 Å². The number of aryl methyl sites for hydroxylation is 2. The van der Waals surface area contributed by atoms with Crippen molar-refractivity contribution in [3.63, 3.8) is 0 Å². The third-order valence-electron chi connectivity index (χ3n) is 6.79. The van der Waals surface area contributed by atoms with Gasteiger partial charge in [-0.1, -0.05) is 11.2 Å². The average Bonchev–Trinajstić information content (AvgIpc) is 3.03. The molecule has 0 bridgehead atoms. The van der Waals surface area contributed by atoms with Crippen molar-refractivity contribution in [2.75, 3.05) is 43.4 Å². The number of aromatic nitrogens is 4. The van der Waals surface area contributed by atoms with Crippen molar-refractivity contribution >= 4 is 11.6 Å². The Balaban J connectivity index is 1.74. The Morgan fingerprint density at radius 2 is 1.81 bits per heavy atom. The van der Waals surface area contributed by atoms with Crippen LogP contribution in [-0.4, -0.2) is 58.3 Å². The Hall–Kier alpha value is -2.36. The summed E-state index contributed by atoms with van der Waals surface area (Å²) in [5.74, 6) is 0.877. The fourth-order valence-electron chi connectivity index (χ4n) is 5.27. The second kappa shape index (κ2) is 8.88. The van der Waals surface area contributed by atoms with Gasteiger partial charge in [-0.05, 0) is 87.5 Å². The van der Waals surface area contributed by atoms with Gasteiger partial charge in [0.15, 0.2) is 0 Å². The molecule has 2 aliphatic rings. The zero-order valence-electron chi connectivity index (χ0n) is 19.2. The Morgan fingerprint density at radius 3 is 2.44 bits per heavy atom. The molecule has 0 aliphatic carbocycles. The summed E-state index contributed by atoms with van der Waals surface area (Å²) in [6.07, 6.45) is -0.572. The van der Waals surface area contributed by atoms with Gasteiger partial charge in [-0.2, -0.15) is 18.0 Å². The van der Waals surface area contributed by atoms with Gasteiger partial charge >= 0.3 is 6.18 Å². The lowest BCUT2D eigenvalue weighted by Gasteiger charge is -2.36. The number of tetrazole rings is 1. The normalized spacial score (nSPS) is 20.8. The van der Waals surface area contributed by atoms with Gasteiger partial charge in [0.05, 0.1) is 18.7 Å². The number of likely N-dealkylation sites (tertiary alicyclic amines) is 1. The van der Waals surface area contributed by atoms with Crippen LogP contribution in [0.5, 0.6) is 0 Å². The molecule has 2 aliphatic heterocycles. The monoisotopic (exact) mass is 451 g/mol. The molecule has 0 radical (unpaired) electrons. The molecule has 0 amide bonds. The van der Waals surface area contributed by atoms with Crippen molar-refractivity contribution in [3.8, 4) is 0 Å². The molecule has 10 heteroatoms. The van der Waals surface area contributed by atoms with E-state index < -0.39 is 11.7 Å². The first-order valence-corrected chi connectivity index (χ1v) is 11.3. The summed E-state index contributed by atoms with van der Waals surface area (Å²) < 4.78 is 42.0. The quantitative estimate of drug-likeness (QED) is 0.760. The summed E-state index contributed by atoms with van der Waals surface area (Å²) in [5, 5.41) is 15.4. The van der Waals surface area contributed by atoms with Crippen LogP contribution < -0.4 is 10.2 Å². The van der Waals surface area contributed by atoms with E-state index in [9.17, 15) is 13.2 Å². The van der Waals surface area contributed by atoms with Gasteiger partial charge in [0.25, 0.3) is 5.95 Å². The first-order valence-electron chi connectivity index (χ1n) is 11.3. The van der Waals surface area contributed by atoms with Crippen molar-refractivity contribution in [1.29, 1.82) is 0 Å². The highest BCUT2D eigenvalue weighted by molar-refractivity contribution is 5.67. The van der Waals surface area contributed by atoms with Crippen LogP contribution in [0.3, 0.4) is 0 Å². The number of hydrogen-bond acceptors (Lipinski definition) is 6. The van der Waals surface area contributed by atoms with Gasteiger partial charge < -0.3 is 15.1 Å². The second-order valence-corrected chi connectivity index (χ2v) is 9.26. The molecule has 3 heterocycles. The second-order valence-electron chi connectivity index (χ2n) is 9.26. The molecule has 7 nitrogen and oxygen atoms in total. The maximum atomic E-state index is 14.0. The molecular formula is C22H32F3N7. The largest absolute Gasteiger partial charge is 0.416 e. The van der Waals surface area contributed by atoms with E-state index in [-0.39, 0.29) is 11.6 Å². The van der Waals surface area contributed by atoms with E-state index in [1.54, 1.807) is 27.0 Å². The molecular weight excluding hydrogens is 419 g/mol. The average molecular weight is 452 g/mol. The summed E-state index contributed by atoms with van der Waals surface area (Å²) in [6.45, 7) is 6.78. The summed E-state index contributed by atoms with van der Waals surface area (Å²) in [7, 11) is 3.81. The lowest BCUT2D eigenvalue weighted by Crippen LogP contribution is -2.38. The summed E-state index contributed by atoms with van der Waals surface area (Å²) in [5.41, 5.74) is 1.68. The standard InChI is InChI=1S/C22H32F3N7/c1-14-12-17-18(26-21-27-29-31(4)28-21)6-5-9-32(13-16-7-10-30(3)11-8-16)20(17)15(2)19(14)22(23,24)25/h12,16,18H,5-11,13H2,1-4H3,(H,26,28). The predicted molar refractivity (Wildman–Crippen MR) is 118 cm³/mol. The predicted octanol–water partition coefficient (Wildman–Crippen LogP) is 3.94. The highest BCUT2D eigenvalue weighted by atomic mass is 19.4. The maximum Gasteiger partial charge on any atom is 0.416 e. The van der Waals surface area contributed by atoms with Crippen molar-refractivity contribution in [2.45, 2.75) is 51.7 Å². The molecule has 32 heavy (non-hydrogen) atoms. The van der Waals surface area contributed by atoms with Crippen LogP contribution in [-0.2, 0) is 13.2 Å². The van der Waals surface area contributed by atoms with Crippen LogP contribution in [0.25, 0.3) is 0 Å². The lowest BCUT2D eigenvalue weighted by molar-refractivity contribution is -0.138. The smallest absolute Gasteiger partial charge is 0.371 e. The summed E-state index contributed by atoms with van der Waals surface area (Å²) >= 11 is 0. The highest BCUT2D eigenvalue weighted by Crippen LogP contribution is 2.44. The third-order valence-corrected chi connectivity index (χ3v) is 6.79. The summed E-state index contributed by atoms with van der Waals surface area (Å²) in [6, 6.07) is 1.54. The minimum Gasteiger partial charge on any atom is -0.371 e. The molecule has 1 aromatic heterocycles. The number of rotatable bonds is 4. The molecule has 0 saturated carbocycles. The van der Waals surface area contributed by atoms with Crippen LogP contribution in [0.2, 0.25) is 0 Å². The fraction of sp³-hybridized carbons (Fsp3) is 0.682.